The summed E-state index contributed by atoms with van der Waals surface area (Å²) in [4.78, 5) is 25.2. The Kier molecular flexibility index (Phi) is 8.04. The molecule has 2 amide bonds. The lowest BCUT2D eigenvalue weighted by Crippen LogP contribution is -2.41. The van der Waals surface area contributed by atoms with Crippen molar-refractivity contribution in [2.45, 2.75) is 50.6 Å². The van der Waals surface area contributed by atoms with Gasteiger partial charge in [0.15, 0.2) is 0 Å². The molecule has 1 fully saturated rings. The lowest BCUT2D eigenvalue weighted by atomic mass is 9.84. The molecular formula is C25H31N7O3. The number of rotatable bonds is 9. The molecule has 1 aliphatic carbocycles. The lowest BCUT2D eigenvalue weighted by molar-refractivity contribution is -0.136. The first-order valence-electron chi connectivity index (χ1n) is 11.9. The van der Waals surface area contributed by atoms with Crippen molar-refractivity contribution in [1.82, 2.24) is 30.8 Å². The highest BCUT2D eigenvalue weighted by molar-refractivity contribution is 5.90. The number of nitrogens with zero attached hydrogens (tertiary/aromatic N) is 4. The number of aliphatic carboxylic acids is 1. The first kappa shape index (κ1) is 24.3. The zero-order valence-electron chi connectivity index (χ0n) is 19.8. The predicted molar refractivity (Wildman–Crippen MR) is 132 cm³/mol. The van der Waals surface area contributed by atoms with Gasteiger partial charge in [-0.2, -0.15) is 4.80 Å². The maximum Gasteiger partial charge on any atom is 0.320 e. The average Bonchev–Trinajstić information content (AvgIpc) is 3.30. The number of carbonyl (C=O) groups excluding carboxylic acids is 1. The number of carbonyl (C=O) groups is 2. The summed E-state index contributed by atoms with van der Waals surface area (Å²) in [5, 5.41) is 29.9. The van der Waals surface area contributed by atoms with E-state index >= 15 is 0 Å². The molecule has 35 heavy (non-hydrogen) atoms. The van der Waals surface area contributed by atoms with Crippen LogP contribution in [-0.2, 0) is 11.8 Å². The molecule has 1 atom stereocenters. The van der Waals surface area contributed by atoms with E-state index in [0.29, 0.717) is 17.4 Å². The maximum atomic E-state index is 12.8. The number of tetrazole rings is 1. The first-order chi connectivity index (χ1) is 17.0. The van der Waals surface area contributed by atoms with Gasteiger partial charge in [0.05, 0.1) is 13.5 Å². The second-order valence-corrected chi connectivity index (χ2v) is 8.81. The van der Waals surface area contributed by atoms with Gasteiger partial charge in [0.2, 0.25) is 5.82 Å². The summed E-state index contributed by atoms with van der Waals surface area (Å²) >= 11 is 0. The van der Waals surface area contributed by atoms with Crippen LogP contribution in [0.15, 0.2) is 48.5 Å². The highest BCUT2D eigenvalue weighted by Crippen LogP contribution is 2.33. The van der Waals surface area contributed by atoms with E-state index < -0.39 is 18.2 Å². The van der Waals surface area contributed by atoms with Crippen molar-refractivity contribution in [1.29, 1.82) is 0 Å². The van der Waals surface area contributed by atoms with Crippen LogP contribution in [0, 0.1) is 0 Å². The molecule has 1 aliphatic rings. The summed E-state index contributed by atoms with van der Waals surface area (Å²) in [5.74, 6) is 0.147. The Hall–Kier alpha value is -3.79. The Morgan fingerprint density at radius 2 is 1.89 bits per heavy atom. The van der Waals surface area contributed by atoms with Crippen LogP contribution in [0.2, 0.25) is 0 Å². The summed E-state index contributed by atoms with van der Waals surface area (Å²) in [6.07, 6.45) is 5.67. The smallest absolute Gasteiger partial charge is 0.320 e. The summed E-state index contributed by atoms with van der Waals surface area (Å²) in [6, 6.07) is 15.0. The van der Waals surface area contributed by atoms with Crippen LogP contribution in [0.1, 0.15) is 61.7 Å². The van der Waals surface area contributed by atoms with Crippen LogP contribution in [0.3, 0.4) is 0 Å². The number of hydrogen-bond acceptors (Lipinski definition) is 6. The van der Waals surface area contributed by atoms with Crippen LogP contribution in [-0.4, -0.2) is 43.9 Å². The van der Waals surface area contributed by atoms with Crippen molar-refractivity contribution in [2.75, 3.05) is 11.9 Å². The highest BCUT2D eigenvalue weighted by Gasteiger charge is 2.18. The number of urea groups is 1. The van der Waals surface area contributed by atoms with Crippen molar-refractivity contribution in [3.8, 4) is 11.4 Å². The van der Waals surface area contributed by atoms with Crippen LogP contribution in [0.5, 0.6) is 0 Å². The molecule has 10 nitrogen and oxygen atoms in total. The number of aryl methyl sites for hydroxylation is 1. The molecule has 10 heteroatoms. The minimum Gasteiger partial charge on any atom is -0.481 e. The summed E-state index contributed by atoms with van der Waals surface area (Å²) in [6.45, 7) is 0.221. The third-order valence-corrected chi connectivity index (χ3v) is 6.20. The van der Waals surface area contributed by atoms with Gasteiger partial charge in [-0.15, -0.1) is 10.2 Å². The molecule has 0 spiro atoms. The first-order valence-corrected chi connectivity index (χ1v) is 11.9. The van der Waals surface area contributed by atoms with Crippen LogP contribution < -0.4 is 16.0 Å². The zero-order chi connectivity index (χ0) is 24.6. The van der Waals surface area contributed by atoms with Crippen molar-refractivity contribution in [2.24, 2.45) is 7.05 Å². The average molecular weight is 478 g/mol. The van der Waals surface area contributed by atoms with Gasteiger partial charge in [0, 0.05) is 17.8 Å². The topological polar surface area (TPSA) is 134 Å². The summed E-state index contributed by atoms with van der Waals surface area (Å²) in [5.41, 5.74) is 3.48. The van der Waals surface area contributed by atoms with Crippen molar-refractivity contribution < 1.29 is 14.7 Å². The molecule has 1 unspecified atom stereocenters. The van der Waals surface area contributed by atoms with Gasteiger partial charge in [-0.1, -0.05) is 55.7 Å². The van der Waals surface area contributed by atoms with E-state index in [0.717, 1.165) is 11.1 Å². The second-order valence-electron chi connectivity index (χ2n) is 8.81. The monoisotopic (exact) mass is 477 g/mol. The molecular weight excluding hydrogens is 446 g/mol. The fraction of sp³-hybridized carbons (Fsp3) is 0.400. The van der Waals surface area contributed by atoms with Gasteiger partial charge in [-0.05, 0) is 47.2 Å². The molecule has 0 radical (unpaired) electrons. The Morgan fingerprint density at radius 1 is 1.11 bits per heavy atom. The SMILES string of the molecule is Cn1nnc(-c2cccc(NC(=O)NC(NCCC(=O)O)c3ccc(C4CCCCC4)cc3)c2)n1. The summed E-state index contributed by atoms with van der Waals surface area (Å²) in [7, 11) is 1.69. The molecule has 4 rings (SSSR count). The minimum atomic E-state index is -0.900. The Balaban J connectivity index is 1.44. The predicted octanol–water partition coefficient (Wildman–Crippen LogP) is 3.81. The molecule has 1 saturated carbocycles. The van der Waals surface area contributed by atoms with Crippen molar-refractivity contribution >= 4 is 17.7 Å². The van der Waals surface area contributed by atoms with E-state index in [4.69, 9.17) is 5.11 Å². The molecule has 0 aliphatic heterocycles. The number of carboxylic acid groups (broad SMARTS) is 1. The fourth-order valence-corrected chi connectivity index (χ4v) is 4.41. The number of aromatic nitrogens is 4. The molecule has 0 bridgehead atoms. The number of hydrogen-bond donors (Lipinski definition) is 4. The largest absolute Gasteiger partial charge is 0.481 e. The fourth-order valence-electron chi connectivity index (χ4n) is 4.41. The van der Waals surface area contributed by atoms with Gasteiger partial charge in [0.25, 0.3) is 0 Å². The molecule has 0 saturated heterocycles. The van der Waals surface area contributed by atoms with Crippen molar-refractivity contribution in [3.05, 3.63) is 59.7 Å². The Bertz CT molecular complexity index is 1140. The van der Waals surface area contributed by atoms with E-state index in [1.807, 2.05) is 18.2 Å². The number of benzene rings is 2. The normalized spacial score (nSPS) is 14.9. The van der Waals surface area contributed by atoms with E-state index in [-0.39, 0.29) is 13.0 Å². The van der Waals surface area contributed by atoms with E-state index in [1.165, 1.54) is 42.5 Å². The minimum absolute atomic E-state index is 0.0485. The van der Waals surface area contributed by atoms with Gasteiger partial charge >= 0.3 is 12.0 Å². The Morgan fingerprint density at radius 3 is 2.57 bits per heavy atom. The van der Waals surface area contributed by atoms with Crippen LogP contribution >= 0.6 is 0 Å². The molecule has 1 heterocycles. The number of carboxylic acids is 1. The number of nitrogens with one attached hydrogen (secondary N) is 3. The molecule has 2 aromatic carbocycles. The summed E-state index contributed by atoms with van der Waals surface area (Å²) < 4.78 is 0. The molecule has 3 aromatic rings. The van der Waals surface area contributed by atoms with E-state index in [2.05, 4.69) is 43.5 Å². The highest BCUT2D eigenvalue weighted by atomic mass is 16.4. The van der Waals surface area contributed by atoms with Gasteiger partial charge < -0.3 is 15.7 Å². The number of amides is 2. The third-order valence-electron chi connectivity index (χ3n) is 6.20. The standard InChI is InChI=1S/C25H31N7O3/c1-32-30-24(29-31-32)20-8-5-9-21(16-20)27-25(35)28-23(26-15-14-22(33)34)19-12-10-18(11-13-19)17-6-3-2-4-7-17/h5,8-13,16-17,23,26H,2-4,6-7,14-15H2,1H3,(H,33,34)(H2,27,28,35). The van der Waals surface area contributed by atoms with Gasteiger partial charge in [-0.3, -0.25) is 10.1 Å². The van der Waals surface area contributed by atoms with Gasteiger partial charge in [-0.25, -0.2) is 4.79 Å². The maximum absolute atomic E-state index is 12.8. The van der Waals surface area contributed by atoms with Crippen LogP contribution in [0.25, 0.3) is 11.4 Å². The van der Waals surface area contributed by atoms with Gasteiger partial charge in [0.1, 0.15) is 6.17 Å². The molecule has 184 valence electrons. The lowest BCUT2D eigenvalue weighted by Gasteiger charge is -2.24. The van der Waals surface area contributed by atoms with E-state index in [9.17, 15) is 9.59 Å². The number of anilines is 1. The quantitative estimate of drug-likeness (QED) is 0.344. The van der Waals surface area contributed by atoms with Crippen LogP contribution in [0.4, 0.5) is 10.5 Å². The zero-order valence-corrected chi connectivity index (χ0v) is 19.8. The third kappa shape index (κ3) is 6.86. The molecule has 4 N–H and O–H groups in total. The second kappa shape index (κ2) is 11.6. The van der Waals surface area contributed by atoms with Crippen molar-refractivity contribution in [3.63, 3.8) is 0 Å². The van der Waals surface area contributed by atoms with E-state index in [1.54, 1.807) is 25.2 Å². The Labute approximate surface area is 204 Å². The molecule has 1 aromatic heterocycles.